The van der Waals surface area contributed by atoms with Gasteiger partial charge in [-0.3, -0.25) is 14.4 Å². The molecule has 2 fully saturated rings. The number of fused-ring (bicyclic) bond motifs is 1. The third-order valence-electron chi connectivity index (χ3n) is 5.39. The Labute approximate surface area is 167 Å². The summed E-state index contributed by atoms with van der Waals surface area (Å²) in [4.78, 5) is 38.8. The third kappa shape index (κ3) is 3.81. The predicted octanol–water partition coefficient (Wildman–Crippen LogP) is 0.110. The number of thioether (sulfide) groups is 1. The molecule has 3 heterocycles. The summed E-state index contributed by atoms with van der Waals surface area (Å²) in [5.41, 5.74) is -0.460. The molecule has 0 bridgehead atoms. The number of nitrogens with zero attached hydrogens (tertiary/aromatic N) is 1. The first-order valence-electron chi connectivity index (χ1n) is 9.39. The van der Waals surface area contributed by atoms with Crippen molar-refractivity contribution in [1.29, 1.82) is 0 Å². The molecule has 150 valence electrons. The van der Waals surface area contributed by atoms with E-state index in [0.717, 1.165) is 0 Å². The van der Waals surface area contributed by atoms with Gasteiger partial charge in [0.1, 0.15) is 5.75 Å². The Balaban J connectivity index is 1.40. The highest BCUT2D eigenvalue weighted by Gasteiger charge is 2.42. The maximum absolute atomic E-state index is 12.5. The number of para-hydroxylation sites is 1. The maximum atomic E-state index is 12.5. The number of hydrogen-bond donors (Lipinski definition) is 3. The number of aliphatic hydroxyl groups is 1. The molecule has 3 amide bonds. The third-order valence-corrected chi connectivity index (χ3v) is 6.56. The summed E-state index contributed by atoms with van der Waals surface area (Å²) in [6.07, 6.45) is 0.371. The summed E-state index contributed by atoms with van der Waals surface area (Å²) < 4.78 is 6.09. The minimum atomic E-state index is -0.940. The Morgan fingerprint density at radius 1 is 1.32 bits per heavy atom. The van der Waals surface area contributed by atoms with E-state index in [4.69, 9.17) is 4.74 Å². The van der Waals surface area contributed by atoms with Gasteiger partial charge in [-0.05, 0) is 12.1 Å². The van der Waals surface area contributed by atoms with Crippen molar-refractivity contribution in [3.63, 3.8) is 0 Å². The Morgan fingerprint density at radius 2 is 2.14 bits per heavy atom. The molecule has 1 aromatic carbocycles. The second-order valence-corrected chi connectivity index (χ2v) is 8.47. The second kappa shape index (κ2) is 7.63. The van der Waals surface area contributed by atoms with Crippen molar-refractivity contribution in [2.75, 3.05) is 24.6 Å². The van der Waals surface area contributed by atoms with Gasteiger partial charge in [0.15, 0.2) is 5.72 Å². The van der Waals surface area contributed by atoms with E-state index < -0.39 is 11.8 Å². The molecule has 9 heteroatoms. The van der Waals surface area contributed by atoms with Crippen molar-refractivity contribution in [1.82, 2.24) is 15.5 Å². The molecule has 1 aromatic rings. The number of likely N-dealkylation sites (tertiary alicyclic amines) is 1. The van der Waals surface area contributed by atoms with Gasteiger partial charge >= 0.3 is 0 Å². The van der Waals surface area contributed by atoms with Crippen LogP contribution < -0.4 is 15.4 Å². The van der Waals surface area contributed by atoms with Gasteiger partial charge < -0.3 is 25.4 Å². The molecule has 3 atom stereocenters. The molecule has 0 radical (unpaired) electrons. The smallest absolute Gasteiger partial charge is 0.258 e. The molecule has 4 rings (SSSR count). The van der Waals surface area contributed by atoms with Gasteiger partial charge in [-0.15, -0.1) is 0 Å². The van der Waals surface area contributed by atoms with E-state index in [0.29, 0.717) is 42.2 Å². The Hall–Kier alpha value is -2.26. The fourth-order valence-electron chi connectivity index (χ4n) is 3.79. The van der Waals surface area contributed by atoms with Crippen LogP contribution in [0.2, 0.25) is 0 Å². The van der Waals surface area contributed by atoms with E-state index in [1.165, 1.54) is 4.90 Å². The number of benzene rings is 1. The van der Waals surface area contributed by atoms with Crippen molar-refractivity contribution in [3.8, 4) is 5.75 Å². The van der Waals surface area contributed by atoms with Gasteiger partial charge in [0.05, 0.1) is 24.3 Å². The molecular formula is C19H23N3O5S. The zero-order valence-corrected chi connectivity index (χ0v) is 16.2. The lowest BCUT2D eigenvalue weighted by Crippen LogP contribution is -2.56. The molecule has 0 unspecified atom stereocenters. The number of rotatable bonds is 3. The fraction of sp³-hybridized carbons (Fsp3) is 0.526. The molecule has 0 aliphatic carbocycles. The fourth-order valence-corrected chi connectivity index (χ4v) is 4.96. The lowest BCUT2D eigenvalue weighted by Gasteiger charge is -2.38. The van der Waals surface area contributed by atoms with Crippen LogP contribution in [0.5, 0.6) is 5.75 Å². The van der Waals surface area contributed by atoms with Gasteiger partial charge in [0.2, 0.25) is 11.8 Å². The van der Waals surface area contributed by atoms with Crippen molar-refractivity contribution in [3.05, 3.63) is 29.8 Å². The molecule has 2 saturated heterocycles. The van der Waals surface area contributed by atoms with E-state index in [1.54, 1.807) is 36.0 Å². The molecular weight excluding hydrogens is 382 g/mol. The summed E-state index contributed by atoms with van der Waals surface area (Å²) in [5, 5.41) is 15.6. The standard InChI is InChI=1S/C19H23N3O5S/c23-14-11-28-10-13(14)20-16(24)9-22-8-7-19(6-5-17(22)25)21-18(26)12-3-1-2-4-15(12)27-19/h1-4,13-14,23H,5-11H2,(H,20,24)(H,21,26)/t13-,14+,19-/m1/s1. The largest absolute Gasteiger partial charge is 0.467 e. The first kappa shape index (κ1) is 19.1. The van der Waals surface area contributed by atoms with Crippen LogP contribution in [-0.4, -0.2) is 70.2 Å². The lowest BCUT2D eigenvalue weighted by molar-refractivity contribution is -0.136. The molecule has 28 heavy (non-hydrogen) atoms. The highest BCUT2D eigenvalue weighted by atomic mass is 32.2. The van der Waals surface area contributed by atoms with E-state index in [-0.39, 0.29) is 36.7 Å². The van der Waals surface area contributed by atoms with E-state index in [1.807, 2.05) is 0 Å². The van der Waals surface area contributed by atoms with Crippen LogP contribution in [0.3, 0.4) is 0 Å². The van der Waals surface area contributed by atoms with Gasteiger partial charge in [-0.2, -0.15) is 11.8 Å². The van der Waals surface area contributed by atoms with Crippen molar-refractivity contribution < 1.29 is 24.2 Å². The summed E-state index contributed by atoms with van der Waals surface area (Å²) >= 11 is 1.59. The van der Waals surface area contributed by atoms with Crippen LogP contribution in [0, 0.1) is 0 Å². The summed E-state index contributed by atoms with van der Waals surface area (Å²) in [6.45, 7) is 0.240. The SMILES string of the molecule is O=C(CN1CC[C@]2(CCC1=O)NC(=O)c1ccccc1O2)N[C@@H]1CSC[C@@H]1O. The first-order valence-corrected chi connectivity index (χ1v) is 10.5. The van der Waals surface area contributed by atoms with E-state index in [9.17, 15) is 19.5 Å². The number of hydrogen-bond acceptors (Lipinski definition) is 6. The Bertz CT molecular complexity index is 804. The van der Waals surface area contributed by atoms with E-state index in [2.05, 4.69) is 10.6 Å². The monoisotopic (exact) mass is 405 g/mol. The zero-order chi connectivity index (χ0) is 19.7. The van der Waals surface area contributed by atoms with Crippen LogP contribution in [0.1, 0.15) is 29.6 Å². The molecule has 0 saturated carbocycles. The van der Waals surface area contributed by atoms with Crippen LogP contribution in [0.25, 0.3) is 0 Å². The van der Waals surface area contributed by atoms with Crippen molar-refractivity contribution in [2.24, 2.45) is 0 Å². The normalized spacial score (nSPS) is 29.7. The zero-order valence-electron chi connectivity index (χ0n) is 15.3. The average molecular weight is 405 g/mol. The molecule has 1 spiro atoms. The highest BCUT2D eigenvalue weighted by molar-refractivity contribution is 7.99. The molecule has 3 aliphatic rings. The van der Waals surface area contributed by atoms with Gasteiger partial charge in [-0.1, -0.05) is 12.1 Å². The van der Waals surface area contributed by atoms with Gasteiger partial charge in [0.25, 0.3) is 5.91 Å². The van der Waals surface area contributed by atoms with Crippen LogP contribution in [-0.2, 0) is 9.59 Å². The molecule has 8 nitrogen and oxygen atoms in total. The summed E-state index contributed by atoms with van der Waals surface area (Å²) in [5.74, 6) is 1.14. The van der Waals surface area contributed by atoms with Crippen LogP contribution >= 0.6 is 11.8 Å². The number of carbonyl (C=O) groups is 3. The molecule has 3 N–H and O–H groups in total. The maximum Gasteiger partial charge on any atom is 0.258 e. The van der Waals surface area contributed by atoms with E-state index >= 15 is 0 Å². The number of carbonyl (C=O) groups excluding carboxylic acids is 3. The number of ether oxygens (including phenoxy) is 1. The Kier molecular flexibility index (Phi) is 5.20. The minimum absolute atomic E-state index is 0.0622. The molecule has 3 aliphatic heterocycles. The van der Waals surface area contributed by atoms with Crippen LogP contribution in [0.4, 0.5) is 0 Å². The highest BCUT2D eigenvalue weighted by Crippen LogP contribution is 2.33. The van der Waals surface area contributed by atoms with Crippen molar-refractivity contribution >= 4 is 29.5 Å². The van der Waals surface area contributed by atoms with Gasteiger partial charge in [0, 0.05) is 37.3 Å². The average Bonchev–Trinajstić information content (AvgIpc) is 3.01. The number of aliphatic hydroxyl groups excluding tert-OH is 1. The number of nitrogens with one attached hydrogen (secondary N) is 2. The summed E-state index contributed by atoms with van der Waals surface area (Å²) in [6, 6.07) is 6.75. The summed E-state index contributed by atoms with van der Waals surface area (Å²) in [7, 11) is 0. The number of amides is 3. The Morgan fingerprint density at radius 3 is 2.93 bits per heavy atom. The topological polar surface area (TPSA) is 108 Å². The van der Waals surface area contributed by atoms with Gasteiger partial charge in [-0.25, -0.2) is 0 Å². The van der Waals surface area contributed by atoms with Crippen molar-refractivity contribution in [2.45, 2.75) is 37.1 Å². The van der Waals surface area contributed by atoms with Crippen LogP contribution in [0.15, 0.2) is 24.3 Å². The second-order valence-electron chi connectivity index (χ2n) is 7.39. The first-order chi connectivity index (χ1) is 13.5. The lowest BCUT2D eigenvalue weighted by atomic mass is 10.0. The predicted molar refractivity (Wildman–Crippen MR) is 103 cm³/mol. The molecule has 0 aromatic heterocycles. The minimum Gasteiger partial charge on any atom is -0.467 e. The quantitative estimate of drug-likeness (QED) is 0.659.